The molecule has 0 aliphatic carbocycles. The molecule has 0 aromatic heterocycles. The maximum absolute atomic E-state index is 12.3. The highest BCUT2D eigenvalue weighted by Crippen LogP contribution is 2.31. The molecular weight excluding hydrogens is 298 g/mol. The summed E-state index contributed by atoms with van der Waals surface area (Å²) in [5.41, 5.74) is -1.05. The predicted octanol–water partition coefficient (Wildman–Crippen LogP) is -0.385. The van der Waals surface area contributed by atoms with Crippen LogP contribution in [0.3, 0.4) is 0 Å². The number of carbonyl (C=O) groups excluding carboxylic acids is 1. The summed E-state index contributed by atoms with van der Waals surface area (Å²) in [7, 11) is -3.73. The van der Waals surface area contributed by atoms with Gasteiger partial charge in [0.1, 0.15) is 0 Å². The highest BCUT2D eigenvalue weighted by molar-refractivity contribution is 7.86. The van der Waals surface area contributed by atoms with E-state index in [1.54, 1.807) is 13.8 Å². The van der Waals surface area contributed by atoms with E-state index in [0.29, 0.717) is 12.8 Å². The molecule has 1 aliphatic heterocycles. The molecule has 0 atom stereocenters. The van der Waals surface area contributed by atoms with Crippen LogP contribution in [0.4, 0.5) is 0 Å². The van der Waals surface area contributed by atoms with Gasteiger partial charge in [-0.2, -0.15) is 12.7 Å². The van der Waals surface area contributed by atoms with E-state index in [9.17, 15) is 23.1 Å². The molecule has 0 aromatic rings. The Morgan fingerprint density at radius 3 is 1.95 bits per heavy atom. The number of carboxylic acid groups (broad SMARTS) is 1. The topological polar surface area (TPSA) is 121 Å². The van der Waals surface area contributed by atoms with E-state index in [4.69, 9.17) is 5.14 Å². The molecule has 0 radical (unpaired) electrons. The Labute approximate surface area is 125 Å². The second-order valence-electron chi connectivity index (χ2n) is 5.29. The van der Waals surface area contributed by atoms with Gasteiger partial charge >= 0.3 is 5.97 Å². The van der Waals surface area contributed by atoms with Crippen molar-refractivity contribution < 1.29 is 23.1 Å². The van der Waals surface area contributed by atoms with Crippen LogP contribution in [0.2, 0.25) is 0 Å². The fraction of sp³-hybridized carbons (Fsp3) is 0.833. The monoisotopic (exact) mass is 321 g/mol. The molecule has 0 unspecified atom stereocenters. The van der Waals surface area contributed by atoms with Gasteiger partial charge in [0.2, 0.25) is 5.91 Å². The highest BCUT2D eigenvalue weighted by Gasteiger charge is 2.39. The minimum Gasteiger partial charge on any atom is -0.481 e. The lowest BCUT2D eigenvalue weighted by atomic mass is 9.79. The van der Waals surface area contributed by atoms with E-state index in [2.05, 4.69) is 0 Å². The molecule has 1 saturated heterocycles. The average Bonchev–Trinajstić information content (AvgIpc) is 2.43. The van der Waals surface area contributed by atoms with Crippen LogP contribution < -0.4 is 5.14 Å². The molecule has 21 heavy (non-hydrogen) atoms. The van der Waals surface area contributed by atoms with Crippen molar-refractivity contribution in [3.05, 3.63) is 0 Å². The van der Waals surface area contributed by atoms with E-state index in [1.807, 2.05) is 0 Å². The average molecular weight is 321 g/mol. The molecule has 1 amide bonds. The van der Waals surface area contributed by atoms with Gasteiger partial charge in [0.25, 0.3) is 10.2 Å². The lowest BCUT2D eigenvalue weighted by Crippen LogP contribution is -2.53. The molecule has 3 N–H and O–H groups in total. The van der Waals surface area contributed by atoms with Gasteiger partial charge in [0.15, 0.2) is 0 Å². The number of amides is 1. The summed E-state index contributed by atoms with van der Waals surface area (Å²) in [5.74, 6) is -1.22. The van der Waals surface area contributed by atoms with E-state index >= 15 is 0 Å². The fourth-order valence-electron chi connectivity index (χ4n) is 2.47. The largest absolute Gasteiger partial charge is 0.481 e. The summed E-state index contributed by atoms with van der Waals surface area (Å²) >= 11 is 0. The Morgan fingerprint density at radius 2 is 1.62 bits per heavy atom. The molecule has 0 bridgehead atoms. The maximum Gasteiger partial charge on any atom is 0.310 e. The zero-order valence-electron chi connectivity index (χ0n) is 12.4. The predicted molar refractivity (Wildman–Crippen MR) is 76.5 cm³/mol. The molecule has 1 rings (SSSR count). The summed E-state index contributed by atoms with van der Waals surface area (Å²) in [4.78, 5) is 25.2. The van der Waals surface area contributed by atoms with Gasteiger partial charge < -0.3 is 10.0 Å². The number of carbonyl (C=O) groups is 2. The molecule has 8 nitrogen and oxygen atoms in total. The Balaban J connectivity index is 2.68. The number of piperazine rings is 1. The van der Waals surface area contributed by atoms with Crippen LogP contribution in [0.15, 0.2) is 0 Å². The Morgan fingerprint density at radius 1 is 1.14 bits per heavy atom. The van der Waals surface area contributed by atoms with Gasteiger partial charge in [-0.1, -0.05) is 13.8 Å². The summed E-state index contributed by atoms with van der Waals surface area (Å²) in [6, 6.07) is 0. The first-order valence-corrected chi connectivity index (χ1v) is 8.45. The highest BCUT2D eigenvalue weighted by atomic mass is 32.2. The van der Waals surface area contributed by atoms with Crippen molar-refractivity contribution in [2.45, 2.75) is 33.1 Å². The third kappa shape index (κ3) is 4.14. The number of nitrogens with zero attached hydrogens (tertiary/aromatic N) is 2. The van der Waals surface area contributed by atoms with Crippen molar-refractivity contribution >= 4 is 22.1 Å². The third-order valence-corrected chi connectivity index (χ3v) is 5.33. The smallest absolute Gasteiger partial charge is 0.310 e. The summed E-state index contributed by atoms with van der Waals surface area (Å²) in [6.45, 7) is 4.26. The van der Waals surface area contributed by atoms with Gasteiger partial charge in [-0.05, 0) is 12.8 Å². The van der Waals surface area contributed by atoms with Crippen molar-refractivity contribution in [3.8, 4) is 0 Å². The van der Waals surface area contributed by atoms with E-state index in [0.717, 1.165) is 4.31 Å². The Bertz CT molecular complexity index is 493. The van der Waals surface area contributed by atoms with Crippen molar-refractivity contribution in [2.75, 3.05) is 26.2 Å². The first-order valence-electron chi connectivity index (χ1n) is 6.95. The summed E-state index contributed by atoms with van der Waals surface area (Å²) in [6.07, 6.45) is 0.689. The molecule has 0 aromatic carbocycles. The SMILES string of the molecule is CCC(CC)(CC(=O)N1CCN(S(N)(=O)=O)CC1)C(=O)O. The van der Waals surface area contributed by atoms with Crippen molar-refractivity contribution in [1.29, 1.82) is 0 Å². The minimum atomic E-state index is -3.73. The second-order valence-corrected chi connectivity index (χ2v) is 6.84. The number of aliphatic carboxylic acids is 1. The lowest BCUT2D eigenvalue weighted by molar-refractivity contribution is -0.154. The zero-order chi connectivity index (χ0) is 16.3. The first-order chi connectivity index (χ1) is 9.66. The van der Waals surface area contributed by atoms with Gasteiger partial charge in [-0.3, -0.25) is 9.59 Å². The molecule has 9 heteroatoms. The fourth-order valence-corrected chi connectivity index (χ4v) is 3.14. The van der Waals surface area contributed by atoms with Gasteiger partial charge in [0.05, 0.1) is 5.41 Å². The standard InChI is InChI=1S/C12H23N3O5S/c1-3-12(4-2,11(17)18)9-10(16)14-5-7-15(8-6-14)21(13,19)20/h3-9H2,1-2H3,(H,17,18)(H2,13,19,20). The molecular formula is C12H23N3O5S. The molecule has 122 valence electrons. The maximum atomic E-state index is 12.3. The van der Waals surface area contributed by atoms with Crippen LogP contribution in [-0.2, 0) is 19.8 Å². The quantitative estimate of drug-likeness (QED) is 0.690. The van der Waals surface area contributed by atoms with Gasteiger partial charge in [0, 0.05) is 32.6 Å². The Kier molecular flexibility index (Phi) is 5.71. The van der Waals surface area contributed by atoms with Crippen LogP contribution in [0.5, 0.6) is 0 Å². The van der Waals surface area contributed by atoms with Crippen LogP contribution in [0, 0.1) is 5.41 Å². The molecule has 1 fully saturated rings. The summed E-state index contributed by atoms with van der Waals surface area (Å²) < 4.78 is 23.5. The normalized spacial score (nSPS) is 17.8. The molecule has 1 aliphatic rings. The number of hydrogen-bond donors (Lipinski definition) is 2. The second kappa shape index (κ2) is 6.71. The lowest BCUT2D eigenvalue weighted by Gasteiger charge is -2.35. The van der Waals surface area contributed by atoms with Crippen molar-refractivity contribution in [2.24, 2.45) is 10.6 Å². The number of hydrogen-bond acceptors (Lipinski definition) is 4. The number of nitrogens with two attached hydrogens (primary N) is 1. The number of rotatable bonds is 6. The first kappa shape index (κ1) is 17.9. The van der Waals surface area contributed by atoms with Crippen molar-refractivity contribution in [1.82, 2.24) is 9.21 Å². The van der Waals surface area contributed by atoms with Crippen LogP contribution in [0.25, 0.3) is 0 Å². The van der Waals surface area contributed by atoms with E-state index < -0.39 is 21.6 Å². The van der Waals surface area contributed by atoms with Crippen LogP contribution in [0.1, 0.15) is 33.1 Å². The molecule has 0 saturated carbocycles. The van der Waals surface area contributed by atoms with Crippen LogP contribution in [-0.4, -0.2) is 60.8 Å². The summed E-state index contributed by atoms with van der Waals surface area (Å²) in [5, 5.41) is 14.4. The van der Waals surface area contributed by atoms with Gasteiger partial charge in [-0.15, -0.1) is 0 Å². The number of carboxylic acids is 1. The van der Waals surface area contributed by atoms with Gasteiger partial charge in [-0.25, -0.2) is 5.14 Å². The molecule has 0 spiro atoms. The van der Waals surface area contributed by atoms with Crippen molar-refractivity contribution in [3.63, 3.8) is 0 Å². The van der Waals surface area contributed by atoms with E-state index in [1.165, 1.54) is 4.90 Å². The minimum absolute atomic E-state index is 0.0648. The van der Waals surface area contributed by atoms with Crippen LogP contribution >= 0.6 is 0 Å². The Hall–Kier alpha value is -1.19. The van der Waals surface area contributed by atoms with E-state index in [-0.39, 0.29) is 38.5 Å². The zero-order valence-corrected chi connectivity index (χ0v) is 13.2. The third-order valence-electron chi connectivity index (χ3n) is 4.25. The molecule has 1 heterocycles.